The predicted molar refractivity (Wildman–Crippen MR) is 72.6 cm³/mol. The Hall–Kier alpha value is -0.570. The number of carbonyl (C=O) groups is 1. The van der Waals surface area contributed by atoms with Crippen molar-refractivity contribution in [1.82, 2.24) is 4.90 Å². The number of aliphatic carboxylic acids is 1. The third-order valence-electron chi connectivity index (χ3n) is 4.69. The summed E-state index contributed by atoms with van der Waals surface area (Å²) in [6.45, 7) is 4.23. The Bertz CT molecular complexity index is 268. The minimum Gasteiger partial charge on any atom is -0.480 e. The molecular formula is C15H27NO2. The van der Waals surface area contributed by atoms with Crippen molar-refractivity contribution in [1.29, 1.82) is 0 Å². The fraction of sp³-hybridized carbons (Fsp3) is 0.933. The summed E-state index contributed by atoms with van der Waals surface area (Å²) in [5.74, 6) is 0.809. The average Bonchev–Trinajstić information content (AvgIpc) is 2.32. The van der Waals surface area contributed by atoms with Gasteiger partial charge in [0.25, 0.3) is 0 Å². The molecule has 1 N–H and O–H groups in total. The van der Waals surface area contributed by atoms with Crippen LogP contribution in [0.5, 0.6) is 0 Å². The normalized spacial score (nSPS) is 24.7. The van der Waals surface area contributed by atoms with Crippen LogP contribution in [-0.2, 0) is 4.79 Å². The van der Waals surface area contributed by atoms with E-state index in [0.717, 1.165) is 25.4 Å². The minimum atomic E-state index is -0.601. The van der Waals surface area contributed by atoms with E-state index in [-0.39, 0.29) is 6.04 Å². The number of rotatable bonds is 6. The Morgan fingerprint density at radius 2 is 1.89 bits per heavy atom. The van der Waals surface area contributed by atoms with Crippen LogP contribution in [0.4, 0.5) is 0 Å². The van der Waals surface area contributed by atoms with Crippen LogP contribution in [0.15, 0.2) is 0 Å². The van der Waals surface area contributed by atoms with Crippen LogP contribution in [0.2, 0.25) is 0 Å². The lowest BCUT2D eigenvalue weighted by molar-refractivity contribution is -0.147. The first kappa shape index (κ1) is 13.9. The van der Waals surface area contributed by atoms with Gasteiger partial charge in [-0.2, -0.15) is 0 Å². The largest absolute Gasteiger partial charge is 0.480 e. The maximum absolute atomic E-state index is 11.4. The zero-order valence-corrected chi connectivity index (χ0v) is 11.6. The molecule has 2 fully saturated rings. The molecule has 0 aromatic heterocycles. The van der Waals surface area contributed by atoms with E-state index >= 15 is 0 Å². The summed E-state index contributed by atoms with van der Waals surface area (Å²) >= 11 is 0. The molecule has 1 heterocycles. The first-order valence-electron chi connectivity index (χ1n) is 7.67. The van der Waals surface area contributed by atoms with Crippen molar-refractivity contribution in [3.05, 3.63) is 0 Å². The van der Waals surface area contributed by atoms with E-state index in [2.05, 4.69) is 11.8 Å². The quantitative estimate of drug-likeness (QED) is 0.790. The summed E-state index contributed by atoms with van der Waals surface area (Å²) in [4.78, 5) is 13.6. The summed E-state index contributed by atoms with van der Waals surface area (Å²) in [5.41, 5.74) is 0. The van der Waals surface area contributed by atoms with E-state index in [1.54, 1.807) is 0 Å². The number of hydrogen-bond donors (Lipinski definition) is 1. The van der Waals surface area contributed by atoms with E-state index in [1.165, 1.54) is 44.9 Å². The van der Waals surface area contributed by atoms with Crippen molar-refractivity contribution < 1.29 is 9.90 Å². The van der Waals surface area contributed by atoms with Gasteiger partial charge in [0.15, 0.2) is 0 Å². The van der Waals surface area contributed by atoms with E-state index in [0.29, 0.717) is 5.92 Å². The average molecular weight is 253 g/mol. The standard InChI is InChI=1S/C15H27NO2/c1-2-6-13-10-16(11-13)14(15(17)18)9-12-7-4-3-5-8-12/h12-14H,2-11H2,1H3,(H,17,18). The summed E-state index contributed by atoms with van der Waals surface area (Å²) in [6.07, 6.45) is 9.80. The molecule has 3 heteroatoms. The van der Waals surface area contributed by atoms with Crippen molar-refractivity contribution >= 4 is 5.97 Å². The van der Waals surface area contributed by atoms with Gasteiger partial charge in [-0.25, -0.2) is 0 Å². The first-order chi connectivity index (χ1) is 8.70. The molecule has 0 spiro atoms. The van der Waals surface area contributed by atoms with Crippen LogP contribution in [0.3, 0.4) is 0 Å². The molecule has 1 aliphatic heterocycles. The molecule has 0 bridgehead atoms. The van der Waals surface area contributed by atoms with Crippen LogP contribution in [0, 0.1) is 11.8 Å². The summed E-state index contributed by atoms with van der Waals surface area (Å²) in [6, 6.07) is -0.207. The molecule has 0 radical (unpaired) electrons. The second-order valence-corrected chi connectivity index (χ2v) is 6.20. The van der Waals surface area contributed by atoms with Crippen LogP contribution < -0.4 is 0 Å². The molecule has 1 saturated carbocycles. The number of carboxylic acid groups (broad SMARTS) is 1. The van der Waals surface area contributed by atoms with Gasteiger partial charge in [-0.15, -0.1) is 0 Å². The molecular weight excluding hydrogens is 226 g/mol. The summed E-state index contributed by atoms with van der Waals surface area (Å²) in [5, 5.41) is 9.41. The first-order valence-corrected chi connectivity index (χ1v) is 7.67. The van der Waals surface area contributed by atoms with Gasteiger partial charge in [0, 0.05) is 13.1 Å². The highest BCUT2D eigenvalue weighted by atomic mass is 16.4. The van der Waals surface area contributed by atoms with Crippen LogP contribution >= 0.6 is 0 Å². The van der Waals surface area contributed by atoms with E-state index in [4.69, 9.17) is 0 Å². The van der Waals surface area contributed by atoms with Gasteiger partial charge < -0.3 is 5.11 Å². The van der Waals surface area contributed by atoms with Crippen molar-refractivity contribution in [2.45, 2.75) is 64.3 Å². The lowest BCUT2D eigenvalue weighted by Crippen LogP contribution is -2.55. The van der Waals surface area contributed by atoms with Gasteiger partial charge in [0.1, 0.15) is 6.04 Å². The number of nitrogens with zero attached hydrogens (tertiary/aromatic N) is 1. The Morgan fingerprint density at radius 3 is 2.44 bits per heavy atom. The number of carboxylic acids is 1. The monoisotopic (exact) mass is 253 g/mol. The fourth-order valence-electron chi connectivity index (χ4n) is 3.60. The maximum atomic E-state index is 11.4. The maximum Gasteiger partial charge on any atom is 0.320 e. The zero-order chi connectivity index (χ0) is 13.0. The number of likely N-dealkylation sites (tertiary alicyclic amines) is 1. The highest BCUT2D eigenvalue weighted by molar-refractivity contribution is 5.73. The van der Waals surface area contributed by atoms with E-state index in [1.807, 2.05) is 0 Å². The molecule has 1 unspecified atom stereocenters. The predicted octanol–water partition coefficient (Wildman–Crippen LogP) is 3.14. The van der Waals surface area contributed by atoms with Crippen LogP contribution in [-0.4, -0.2) is 35.1 Å². The molecule has 0 aromatic rings. The second kappa shape index (κ2) is 6.55. The summed E-state index contributed by atoms with van der Waals surface area (Å²) in [7, 11) is 0. The van der Waals surface area contributed by atoms with Gasteiger partial charge in [0.2, 0.25) is 0 Å². The third-order valence-corrected chi connectivity index (χ3v) is 4.69. The van der Waals surface area contributed by atoms with Gasteiger partial charge in [-0.05, 0) is 24.7 Å². The van der Waals surface area contributed by atoms with E-state index in [9.17, 15) is 9.90 Å². The van der Waals surface area contributed by atoms with Gasteiger partial charge in [0.05, 0.1) is 0 Å². The van der Waals surface area contributed by atoms with Crippen LogP contribution in [0.1, 0.15) is 58.3 Å². The third kappa shape index (κ3) is 3.47. The van der Waals surface area contributed by atoms with Crippen molar-refractivity contribution in [3.63, 3.8) is 0 Å². The molecule has 1 atom stereocenters. The highest BCUT2D eigenvalue weighted by Crippen LogP contribution is 2.31. The highest BCUT2D eigenvalue weighted by Gasteiger charge is 2.36. The molecule has 2 rings (SSSR count). The van der Waals surface area contributed by atoms with Gasteiger partial charge in [-0.1, -0.05) is 45.4 Å². The lowest BCUT2D eigenvalue weighted by Gasteiger charge is -2.44. The topological polar surface area (TPSA) is 40.5 Å². The van der Waals surface area contributed by atoms with Crippen molar-refractivity contribution in [2.24, 2.45) is 11.8 Å². The summed E-state index contributed by atoms with van der Waals surface area (Å²) < 4.78 is 0. The molecule has 18 heavy (non-hydrogen) atoms. The lowest BCUT2D eigenvalue weighted by atomic mass is 9.83. The molecule has 0 aromatic carbocycles. The van der Waals surface area contributed by atoms with Crippen molar-refractivity contribution in [3.8, 4) is 0 Å². The Balaban J connectivity index is 1.79. The van der Waals surface area contributed by atoms with Crippen molar-refractivity contribution in [2.75, 3.05) is 13.1 Å². The molecule has 2 aliphatic rings. The molecule has 1 saturated heterocycles. The fourth-order valence-corrected chi connectivity index (χ4v) is 3.60. The molecule has 0 amide bonds. The van der Waals surface area contributed by atoms with Gasteiger partial charge >= 0.3 is 5.97 Å². The molecule has 1 aliphatic carbocycles. The molecule has 104 valence electrons. The Labute approximate surface area is 111 Å². The second-order valence-electron chi connectivity index (χ2n) is 6.20. The smallest absolute Gasteiger partial charge is 0.320 e. The van der Waals surface area contributed by atoms with Gasteiger partial charge in [-0.3, -0.25) is 9.69 Å². The van der Waals surface area contributed by atoms with Crippen LogP contribution in [0.25, 0.3) is 0 Å². The SMILES string of the molecule is CCCC1CN(C(CC2CCCCC2)C(=O)O)C1. The number of hydrogen-bond acceptors (Lipinski definition) is 2. The Kier molecular flexibility index (Phi) is 5.04. The van der Waals surface area contributed by atoms with E-state index < -0.39 is 5.97 Å². The molecule has 3 nitrogen and oxygen atoms in total. The Morgan fingerprint density at radius 1 is 1.22 bits per heavy atom. The minimum absolute atomic E-state index is 0.207. The zero-order valence-electron chi connectivity index (χ0n) is 11.6.